The van der Waals surface area contributed by atoms with E-state index in [1.54, 1.807) is 12.1 Å². The quantitative estimate of drug-likeness (QED) is 0.798. The van der Waals surface area contributed by atoms with Crippen molar-refractivity contribution in [2.24, 2.45) is 5.73 Å². The molecular weight excluding hydrogens is 226 g/mol. The molecule has 0 spiro atoms. The van der Waals surface area contributed by atoms with Crippen LogP contribution in [0, 0.1) is 0 Å². The molecule has 0 radical (unpaired) electrons. The molecule has 0 unspecified atom stereocenters. The highest BCUT2D eigenvalue weighted by Gasteiger charge is 2.10. The van der Waals surface area contributed by atoms with Crippen molar-refractivity contribution >= 4 is 17.4 Å². The maximum Gasteiger partial charge on any atom is 0.194 e. The van der Waals surface area contributed by atoms with Crippen LogP contribution in [0.1, 0.15) is 10.5 Å². The number of hydrogen-bond donors (Lipinski definition) is 2. The molecule has 5 heteroatoms. The van der Waals surface area contributed by atoms with Crippen molar-refractivity contribution in [1.29, 1.82) is 0 Å². The molecule has 0 saturated heterocycles. The molecule has 16 heavy (non-hydrogen) atoms. The van der Waals surface area contributed by atoms with Gasteiger partial charge in [0.05, 0.1) is 17.3 Å². The lowest BCUT2D eigenvalue weighted by Gasteiger charge is -1.97. The number of halogens is 1. The third-order valence-corrected chi connectivity index (χ3v) is 2.54. The topological polar surface area (TPSA) is 71.8 Å². The largest absolute Gasteiger partial charge is 0.324 e. The summed E-state index contributed by atoms with van der Waals surface area (Å²) in [6, 6.07) is 8.96. The van der Waals surface area contributed by atoms with E-state index in [9.17, 15) is 4.79 Å². The minimum Gasteiger partial charge on any atom is -0.324 e. The second-order valence-electron chi connectivity index (χ2n) is 3.27. The Morgan fingerprint density at radius 3 is 2.88 bits per heavy atom. The van der Waals surface area contributed by atoms with Gasteiger partial charge in [0.2, 0.25) is 0 Å². The number of Topliss-reactive ketones (excluding diaryl/α,β-unsaturated/α-hetero) is 1. The highest BCUT2D eigenvalue weighted by molar-refractivity contribution is 6.33. The molecule has 2 rings (SSSR count). The Balaban J connectivity index is 2.39. The number of benzene rings is 1. The SMILES string of the molecule is NCC(=O)c1cc(-c2ccccc2Cl)n[nH]1. The minimum atomic E-state index is -0.175. The van der Waals surface area contributed by atoms with E-state index in [4.69, 9.17) is 17.3 Å². The van der Waals surface area contributed by atoms with Gasteiger partial charge in [-0.25, -0.2) is 0 Å². The van der Waals surface area contributed by atoms with Gasteiger partial charge in [-0.2, -0.15) is 5.10 Å². The maximum absolute atomic E-state index is 11.3. The smallest absolute Gasteiger partial charge is 0.194 e. The maximum atomic E-state index is 11.3. The molecular formula is C11H10ClN3O. The van der Waals surface area contributed by atoms with Crippen LogP contribution in [0.15, 0.2) is 30.3 Å². The van der Waals surface area contributed by atoms with Gasteiger partial charge in [0.25, 0.3) is 0 Å². The van der Waals surface area contributed by atoms with E-state index in [-0.39, 0.29) is 12.3 Å². The van der Waals surface area contributed by atoms with Crippen LogP contribution in [0.2, 0.25) is 5.02 Å². The number of rotatable bonds is 3. The number of hydrogen-bond acceptors (Lipinski definition) is 3. The highest BCUT2D eigenvalue weighted by Crippen LogP contribution is 2.26. The molecule has 0 aliphatic carbocycles. The van der Waals surface area contributed by atoms with Crippen molar-refractivity contribution < 1.29 is 4.79 Å². The molecule has 82 valence electrons. The molecule has 1 aromatic carbocycles. The lowest BCUT2D eigenvalue weighted by Crippen LogP contribution is -2.13. The van der Waals surface area contributed by atoms with E-state index in [2.05, 4.69) is 10.2 Å². The molecule has 1 heterocycles. The summed E-state index contributed by atoms with van der Waals surface area (Å²) >= 11 is 6.02. The summed E-state index contributed by atoms with van der Waals surface area (Å²) in [7, 11) is 0. The summed E-state index contributed by atoms with van der Waals surface area (Å²) in [4.78, 5) is 11.3. The molecule has 2 aromatic rings. The molecule has 1 aromatic heterocycles. The van der Waals surface area contributed by atoms with Gasteiger partial charge in [-0.1, -0.05) is 29.8 Å². The van der Waals surface area contributed by atoms with Gasteiger partial charge >= 0.3 is 0 Å². The summed E-state index contributed by atoms with van der Waals surface area (Å²) in [6.45, 7) is -0.0375. The van der Waals surface area contributed by atoms with E-state index in [1.807, 2.05) is 18.2 Å². The number of ketones is 1. The Labute approximate surface area is 97.4 Å². The molecule has 0 aliphatic heterocycles. The Kier molecular flexibility index (Phi) is 3.03. The zero-order chi connectivity index (χ0) is 11.5. The van der Waals surface area contributed by atoms with Crippen LogP contribution < -0.4 is 5.73 Å². The fourth-order valence-electron chi connectivity index (χ4n) is 1.38. The second kappa shape index (κ2) is 4.47. The van der Waals surface area contributed by atoms with Crippen molar-refractivity contribution in [3.63, 3.8) is 0 Å². The molecule has 0 atom stereocenters. The van der Waals surface area contributed by atoms with E-state index in [1.165, 1.54) is 0 Å². The van der Waals surface area contributed by atoms with Crippen LogP contribution in [0.5, 0.6) is 0 Å². The Hall–Kier alpha value is -1.65. The number of carbonyl (C=O) groups excluding carboxylic acids is 1. The first-order valence-electron chi connectivity index (χ1n) is 4.76. The van der Waals surface area contributed by atoms with Crippen LogP contribution in [-0.4, -0.2) is 22.5 Å². The van der Waals surface area contributed by atoms with Crippen molar-refractivity contribution in [3.8, 4) is 11.3 Å². The van der Waals surface area contributed by atoms with Crippen molar-refractivity contribution in [3.05, 3.63) is 41.0 Å². The Morgan fingerprint density at radius 1 is 1.44 bits per heavy atom. The summed E-state index contributed by atoms with van der Waals surface area (Å²) in [5.41, 5.74) is 7.09. The molecule has 3 N–H and O–H groups in total. The molecule has 0 bridgehead atoms. The zero-order valence-corrected chi connectivity index (χ0v) is 9.16. The molecule has 0 aliphatic rings. The van der Waals surface area contributed by atoms with Crippen LogP contribution in [-0.2, 0) is 0 Å². The minimum absolute atomic E-state index is 0.0375. The summed E-state index contributed by atoms with van der Waals surface area (Å²) in [6.07, 6.45) is 0. The van der Waals surface area contributed by atoms with Crippen LogP contribution in [0.3, 0.4) is 0 Å². The normalized spacial score (nSPS) is 10.4. The number of carbonyl (C=O) groups is 1. The fourth-order valence-corrected chi connectivity index (χ4v) is 1.61. The van der Waals surface area contributed by atoms with E-state index >= 15 is 0 Å². The second-order valence-corrected chi connectivity index (χ2v) is 3.68. The number of nitrogens with two attached hydrogens (primary N) is 1. The predicted molar refractivity (Wildman–Crippen MR) is 62.4 cm³/mol. The third-order valence-electron chi connectivity index (χ3n) is 2.21. The summed E-state index contributed by atoms with van der Waals surface area (Å²) in [5, 5.41) is 7.27. The van der Waals surface area contributed by atoms with Gasteiger partial charge < -0.3 is 5.73 Å². The molecule has 0 fully saturated rings. The van der Waals surface area contributed by atoms with Gasteiger partial charge in [-0.15, -0.1) is 0 Å². The number of nitrogens with zero attached hydrogens (tertiary/aromatic N) is 1. The van der Waals surface area contributed by atoms with Crippen molar-refractivity contribution in [2.75, 3.05) is 6.54 Å². The molecule has 4 nitrogen and oxygen atoms in total. The van der Waals surface area contributed by atoms with Gasteiger partial charge in [0.15, 0.2) is 5.78 Å². The predicted octanol–water partition coefficient (Wildman–Crippen LogP) is 1.87. The zero-order valence-electron chi connectivity index (χ0n) is 8.40. The molecule has 0 saturated carbocycles. The first-order valence-corrected chi connectivity index (χ1v) is 5.13. The first kappa shape index (κ1) is 10.9. The first-order chi connectivity index (χ1) is 7.72. The Morgan fingerprint density at radius 2 is 2.19 bits per heavy atom. The van der Waals surface area contributed by atoms with Crippen LogP contribution >= 0.6 is 11.6 Å². The third kappa shape index (κ3) is 1.98. The van der Waals surface area contributed by atoms with Gasteiger partial charge in [-0.3, -0.25) is 9.89 Å². The summed E-state index contributed by atoms with van der Waals surface area (Å²) < 4.78 is 0. The van der Waals surface area contributed by atoms with E-state index in [0.29, 0.717) is 16.4 Å². The standard InChI is InChI=1S/C11H10ClN3O/c12-8-4-2-1-3-7(8)9-5-10(15-14-9)11(16)6-13/h1-5H,6,13H2,(H,14,15). The summed E-state index contributed by atoms with van der Waals surface area (Å²) in [5.74, 6) is -0.175. The van der Waals surface area contributed by atoms with Gasteiger partial charge in [0.1, 0.15) is 5.69 Å². The van der Waals surface area contributed by atoms with Gasteiger partial charge in [-0.05, 0) is 12.1 Å². The molecule has 0 amide bonds. The highest BCUT2D eigenvalue weighted by atomic mass is 35.5. The van der Waals surface area contributed by atoms with E-state index in [0.717, 1.165) is 5.56 Å². The van der Waals surface area contributed by atoms with Crippen molar-refractivity contribution in [2.45, 2.75) is 0 Å². The van der Waals surface area contributed by atoms with Crippen LogP contribution in [0.4, 0.5) is 0 Å². The number of nitrogens with one attached hydrogen (secondary N) is 1. The Bertz CT molecular complexity index is 521. The van der Waals surface area contributed by atoms with E-state index < -0.39 is 0 Å². The average molecular weight is 236 g/mol. The average Bonchev–Trinajstić information content (AvgIpc) is 2.78. The van der Waals surface area contributed by atoms with Crippen molar-refractivity contribution in [1.82, 2.24) is 10.2 Å². The monoisotopic (exact) mass is 235 g/mol. The number of H-pyrrole nitrogens is 1. The number of aromatic amines is 1. The lowest BCUT2D eigenvalue weighted by atomic mass is 10.1. The number of aromatic nitrogens is 2. The van der Waals surface area contributed by atoms with Crippen LogP contribution in [0.25, 0.3) is 11.3 Å². The fraction of sp³-hybridized carbons (Fsp3) is 0.0909. The lowest BCUT2D eigenvalue weighted by molar-refractivity contribution is 0.0996. The van der Waals surface area contributed by atoms with Gasteiger partial charge in [0, 0.05) is 5.56 Å².